The maximum Gasteiger partial charge on any atom is 0.261 e. The predicted molar refractivity (Wildman–Crippen MR) is 110 cm³/mol. The Morgan fingerprint density at radius 1 is 1.04 bits per heavy atom. The van der Waals surface area contributed by atoms with E-state index in [1.54, 1.807) is 6.07 Å². The molecule has 1 amide bonds. The van der Waals surface area contributed by atoms with Gasteiger partial charge >= 0.3 is 0 Å². The summed E-state index contributed by atoms with van der Waals surface area (Å²) >= 11 is 5.80. The van der Waals surface area contributed by atoms with Gasteiger partial charge in [0.1, 0.15) is 0 Å². The Labute approximate surface area is 168 Å². The Hall–Kier alpha value is -2.90. The monoisotopic (exact) mass is 415 g/mol. The van der Waals surface area contributed by atoms with Crippen molar-refractivity contribution in [2.24, 2.45) is 0 Å². The van der Waals surface area contributed by atoms with Crippen LogP contribution in [0.15, 0.2) is 65.8 Å². The third-order valence-corrected chi connectivity index (χ3v) is 5.88. The average Bonchev–Trinajstić information content (AvgIpc) is 2.65. The van der Waals surface area contributed by atoms with Crippen molar-refractivity contribution < 1.29 is 13.2 Å². The number of aryl methyl sites for hydroxylation is 1. The lowest BCUT2D eigenvalue weighted by Gasteiger charge is -2.12. The first kappa shape index (κ1) is 19.9. The normalized spacial score (nSPS) is 11.1. The minimum absolute atomic E-state index is 0.0575. The molecule has 1 heterocycles. The van der Waals surface area contributed by atoms with Crippen LogP contribution in [0.5, 0.6) is 0 Å². The number of hydrogen-bond acceptors (Lipinski definition) is 4. The molecule has 8 heteroatoms. The lowest BCUT2D eigenvalue weighted by molar-refractivity contribution is 0.102. The van der Waals surface area contributed by atoms with Gasteiger partial charge in [-0.05, 0) is 61.4 Å². The van der Waals surface area contributed by atoms with Crippen LogP contribution in [0.2, 0.25) is 5.02 Å². The fourth-order valence-electron chi connectivity index (χ4n) is 2.53. The molecule has 3 rings (SSSR count). The standard InChI is InChI=1S/C20H18ClN3O3S/c1-13-4-3-5-19(14(13)2)23-20(25)15-10-17(12-22-11-15)24-28(26,27)18-8-6-16(21)7-9-18/h3-12,24H,1-2H3,(H,23,25). The van der Waals surface area contributed by atoms with Crippen LogP contribution in [-0.4, -0.2) is 19.3 Å². The SMILES string of the molecule is Cc1cccc(NC(=O)c2cncc(NS(=O)(=O)c3ccc(Cl)cc3)c2)c1C. The Bertz CT molecular complexity index is 1130. The first-order valence-electron chi connectivity index (χ1n) is 8.37. The van der Waals surface area contributed by atoms with Gasteiger partial charge < -0.3 is 5.32 Å². The quantitative estimate of drug-likeness (QED) is 0.646. The first-order chi connectivity index (χ1) is 13.3. The summed E-state index contributed by atoms with van der Waals surface area (Å²) in [6, 6.07) is 12.8. The van der Waals surface area contributed by atoms with Gasteiger partial charge in [-0.1, -0.05) is 23.7 Å². The van der Waals surface area contributed by atoms with Crippen LogP contribution in [0.4, 0.5) is 11.4 Å². The van der Waals surface area contributed by atoms with Gasteiger partial charge in [-0.25, -0.2) is 8.42 Å². The van der Waals surface area contributed by atoms with E-state index in [9.17, 15) is 13.2 Å². The number of nitrogens with zero attached hydrogens (tertiary/aromatic N) is 1. The lowest BCUT2D eigenvalue weighted by Crippen LogP contribution is -2.16. The van der Waals surface area contributed by atoms with Crippen molar-refractivity contribution in [3.63, 3.8) is 0 Å². The summed E-state index contributed by atoms with van der Waals surface area (Å²) in [4.78, 5) is 16.6. The van der Waals surface area contributed by atoms with Crippen LogP contribution < -0.4 is 10.0 Å². The molecule has 0 spiro atoms. The molecule has 0 aliphatic heterocycles. The molecule has 2 N–H and O–H groups in total. The van der Waals surface area contributed by atoms with Gasteiger partial charge in [0.05, 0.1) is 22.3 Å². The molecule has 0 aliphatic carbocycles. The van der Waals surface area contributed by atoms with Crippen molar-refractivity contribution in [3.05, 3.63) is 82.6 Å². The van der Waals surface area contributed by atoms with Crippen molar-refractivity contribution in [2.45, 2.75) is 18.7 Å². The van der Waals surface area contributed by atoms with Gasteiger partial charge in [-0.15, -0.1) is 0 Å². The second kappa shape index (κ2) is 8.00. The number of aromatic nitrogens is 1. The van der Waals surface area contributed by atoms with Crippen LogP contribution in [-0.2, 0) is 10.0 Å². The maximum absolute atomic E-state index is 12.6. The molecular weight excluding hydrogens is 398 g/mol. The largest absolute Gasteiger partial charge is 0.322 e. The van der Waals surface area contributed by atoms with E-state index < -0.39 is 10.0 Å². The van der Waals surface area contributed by atoms with E-state index in [1.165, 1.54) is 42.7 Å². The number of hydrogen-bond donors (Lipinski definition) is 2. The summed E-state index contributed by atoms with van der Waals surface area (Å²) in [7, 11) is -3.82. The van der Waals surface area contributed by atoms with E-state index >= 15 is 0 Å². The Kier molecular flexibility index (Phi) is 5.67. The van der Waals surface area contributed by atoms with Gasteiger partial charge in [0.25, 0.3) is 15.9 Å². The molecule has 0 aliphatic rings. The van der Waals surface area contributed by atoms with Crippen molar-refractivity contribution in [2.75, 3.05) is 10.0 Å². The number of carbonyl (C=O) groups is 1. The van der Waals surface area contributed by atoms with Gasteiger partial charge in [-0.3, -0.25) is 14.5 Å². The van der Waals surface area contributed by atoms with Crippen LogP contribution >= 0.6 is 11.6 Å². The summed E-state index contributed by atoms with van der Waals surface area (Å²) in [6.45, 7) is 3.87. The van der Waals surface area contributed by atoms with E-state index in [4.69, 9.17) is 11.6 Å². The van der Waals surface area contributed by atoms with E-state index in [0.717, 1.165) is 11.1 Å². The topological polar surface area (TPSA) is 88.2 Å². The fraction of sp³-hybridized carbons (Fsp3) is 0.100. The molecule has 0 unspecified atom stereocenters. The highest BCUT2D eigenvalue weighted by atomic mass is 35.5. The minimum Gasteiger partial charge on any atom is -0.322 e. The van der Waals surface area contributed by atoms with Crippen LogP contribution in [0.25, 0.3) is 0 Å². The summed E-state index contributed by atoms with van der Waals surface area (Å²) in [6.07, 6.45) is 2.71. The number of benzene rings is 2. The molecule has 3 aromatic rings. The highest BCUT2D eigenvalue weighted by Crippen LogP contribution is 2.21. The second-order valence-corrected chi connectivity index (χ2v) is 8.34. The maximum atomic E-state index is 12.6. The lowest BCUT2D eigenvalue weighted by atomic mass is 10.1. The molecule has 6 nitrogen and oxygen atoms in total. The third kappa shape index (κ3) is 4.49. The van der Waals surface area contributed by atoms with Crippen molar-refractivity contribution in [1.82, 2.24) is 4.98 Å². The van der Waals surface area contributed by atoms with Crippen molar-refractivity contribution in [1.29, 1.82) is 0 Å². The summed E-state index contributed by atoms with van der Waals surface area (Å²) in [5.74, 6) is -0.381. The predicted octanol–water partition coefficient (Wildman–Crippen LogP) is 4.40. The van der Waals surface area contributed by atoms with Crippen LogP contribution in [0, 0.1) is 13.8 Å². The second-order valence-electron chi connectivity index (χ2n) is 6.22. The molecule has 0 fully saturated rings. The number of pyridine rings is 1. The fourth-order valence-corrected chi connectivity index (χ4v) is 3.69. The number of halogens is 1. The van der Waals surface area contributed by atoms with E-state index in [1.807, 2.05) is 26.0 Å². The Balaban J connectivity index is 1.81. The summed E-state index contributed by atoms with van der Waals surface area (Å²) < 4.78 is 27.4. The summed E-state index contributed by atoms with van der Waals surface area (Å²) in [5, 5.41) is 3.26. The number of rotatable bonds is 5. The average molecular weight is 416 g/mol. The van der Waals surface area contributed by atoms with Crippen LogP contribution in [0.3, 0.4) is 0 Å². The number of carbonyl (C=O) groups excluding carboxylic acids is 1. The zero-order valence-electron chi connectivity index (χ0n) is 15.2. The molecule has 144 valence electrons. The first-order valence-corrected chi connectivity index (χ1v) is 10.2. The molecule has 0 radical (unpaired) electrons. The molecule has 1 aromatic heterocycles. The highest BCUT2D eigenvalue weighted by molar-refractivity contribution is 7.92. The Morgan fingerprint density at radius 2 is 1.75 bits per heavy atom. The number of nitrogens with one attached hydrogen (secondary N) is 2. The zero-order valence-corrected chi connectivity index (χ0v) is 16.8. The molecule has 2 aromatic carbocycles. The summed E-state index contributed by atoms with van der Waals surface area (Å²) in [5.41, 5.74) is 3.13. The van der Waals surface area contributed by atoms with Crippen molar-refractivity contribution in [3.8, 4) is 0 Å². The molecule has 0 bridgehead atoms. The van der Waals surface area contributed by atoms with Gasteiger partial charge in [0.2, 0.25) is 0 Å². The van der Waals surface area contributed by atoms with Gasteiger partial charge in [0.15, 0.2) is 0 Å². The molecule has 0 saturated carbocycles. The van der Waals surface area contributed by atoms with E-state index in [2.05, 4.69) is 15.0 Å². The van der Waals surface area contributed by atoms with Crippen molar-refractivity contribution >= 4 is 38.9 Å². The third-order valence-electron chi connectivity index (χ3n) is 4.23. The molecule has 0 saturated heterocycles. The molecule has 28 heavy (non-hydrogen) atoms. The Morgan fingerprint density at radius 3 is 2.46 bits per heavy atom. The van der Waals surface area contributed by atoms with Gasteiger partial charge in [0, 0.05) is 16.9 Å². The smallest absolute Gasteiger partial charge is 0.261 e. The van der Waals surface area contributed by atoms with E-state index in [-0.39, 0.29) is 22.1 Å². The zero-order chi connectivity index (χ0) is 20.3. The minimum atomic E-state index is -3.82. The number of sulfonamides is 1. The van der Waals surface area contributed by atoms with E-state index in [0.29, 0.717) is 10.7 Å². The van der Waals surface area contributed by atoms with Crippen LogP contribution in [0.1, 0.15) is 21.5 Å². The highest BCUT2D eigenvalue weighted by Gasteiger charge is 2.16. The molecule has 0 atom stereocenters. The number of amides is 1. The molecular formula is C20H18ClN3O3S. The number of anilines is 2. The van der Waals surface area contributed by atoms with Gasteiger partial charge in [-0.2, -0.15) is 0 Å².